The molecule has 0 fully saturated rings. The second-order valence-electron chi connectivity index (χ2n) is 5.27. The van der Waals surface area contributed by atoms with Crippen LogP contribution in [0.4, 0.5) is 8.78 Å². The van der Waals surface area contributed by atoms with Crippen LogP contribution >= 0.6 is 0 Å². The van der Waals surface area contributed by atoms with Gasteiger partial charge in [-0.3, -0.25) is 4.68 Å². The molecule has 2 rings (SSSR count). The maximum atomic E-state index is 13.5. The molecule has 0 aliphatic carbocycles. The third kappa shape index (κ3) is 4.13. The Labute approximate surface area is 117 Å². The van der Waals surface area contributed by atoms with Gasteiger partial charge < -0.3 is 5.32 Å². The van der Waals surface area contributed by atoms with Crippen LogP contribution in [0.15, 0.2) is 30.5 Å². The highest BCUT2D eigenvalue weighted by molar-refractivity contribution is 5.19. The van der Waals surface area contributed by atoms with Gasteiger partial charge in [-0.25, -0.2) is 8.78 Å². The second kappa shape index (κ2) is 6.61. The lowest BCUT2D eigenvalue weighted by molar-refractivity contribution is 0.539. The van der Waals surface area contributed by atoms with Gasteiger partial charge in [0.25, 0.3) is 0 Å². The molecular weight excluding hydrogens is 260 g/mol. The number of halogens is 2. The Bertz CT molecular complexity index is 564. The van der Waals surface area contributed by atoms with Crippen molar-refractivity contribution < 1.29 is 8.78 Å². The topological polar surface area (TPSA) is 29.9 Å². The molecule has 0 aliphatic rings. The van der Waals surface area contributed by atoms with Crippen molar-refractivity contribution in [1.29, 1.82) is 0 Å². The fourth-order valence-corrected chi connectivity index (χ4v) is 1.91. The number of nitrogens with one attached hydrogen (secondary N) is 1. The molecule has 5 heteroatoms. The van der Waals surface area contributed by atoms with E-state index in [-0.39, 0.29) is 6.54 Å². The minimum Gasteiger partial charge on any atom is -0.311 e. The smallest absolute Gasteiger partial charge is 0.128 e. The van der Waals surface area contributed by atoms with Crippen LogP contribution in [0.1, 0.15) is 25.1 Å². The number of nitrogens with zero attached hydrogens (tertiary/aromatic N) is 2. The Hall–Kier alpha value is -1.75. The largest absolute Gasteiger partial charge is 0.311 e. The number of hydrogen-bond donors (Lipinski definition) is 1. The molecule has 0 saturated heterocycles. The van der Waals surface area contributed by atoms with Crippen molar-refractivity contribution in [1.82, 2.24) is 15.1 Å². The number of hydrogen-bond acceptors (Lipinski definition) is 2. The first-order chi connectivity index (χ1) is 9.54. The summed E-state index contributed by atoms with van der Waals surface area (Å²) in [5.41, 5.74) is 1.19. The lowest BCUT2D eigenvalue weighted by atomic mass is 10.2. The molecule has 0 aliphatic heterocycles. The monoisotopic (exact) mass is 279 g/mol. The Balaban J connectivity index is 1.97. The van der Waals surface area contributed by atoms with Crippen LogP contribution in [0.2, 0.25) is 0 Å². The lowest BCUT2D eigenvalue weighted by Gasteiger charge is -2.06. The van der Waals surface area contributed by atoms with E-state index in [9.17, 15) is 8.78 Å². The van der Waals surface area contributed by atoms with Gasteiger partial charge in [-0.15, -0.1) is 0 Å². The molecule has 1 aromatic carbocycles. The van der Waals surface area contributed by atoms with Crippen LogP contribution in [-0.2, 0) is 13.1 Å². The molecule has 0 radical (unpaired) electrons. The van der Waals surface area contributed by atoms with Crippen molar-refractivity contribution in [3.05, 3.63) is 53.4 Å². The number of benzene rings is 1. The molecule has 0 saturated carbocycles. The summed E-state index contributed by atoms with van der Waals surface area (Å²) in [4.78, 5) is 0. The number of rotatable bonds is 6. The molecule has 1 N–H and O–H groups in total. The predicted molar refractivity (Wildman–Crippen MR) is 74.2 cm³/mol. The SMILES string of the molecule is CC(C)CNCc1ccn(Cc2cc(F)ccc2F)n1. The van der Waals surface area contributed by atoms with E-state index in [2.05, 4.69) is 24.3 Å². The van der Waals surface area contributed by atoms with Gasteiger partial charge in [-0.05, 0) is 36.7 Å². The first kappa shape index (κ1) is 14.7. The molecule has 1 aromatic heterocycles. The zero-order valence-corrected chi connectivity index (χ0v) is 11.7. The summed E-state index contributed by atoms with van der Waals surface area (Å²) in [6.45, 7) is 6.10. The van der Waals surface area contributed by atoms with Crippen LogP contribution < -0.4 is 5.32 Å². The first-order valence-corrected chi connectivity index (χ1v) is 6.71. The molecule has 1 heterocycles. The highest BCUT2D eigenvalue weighted by atomic mass is 19.1. The summed E-state index contributed by atoms with van der Waals surface area (Å²) < 4.78 is 28.2. The summed E-state index contributed by atoms with van der Waals surface area (Å²) >= 11 is 0. The quantitative estimate of drug-likeness (QED) is 0.881. The van der Waals surface area contributed by atoms with E-state index < -0.39 is 11.6 Å². The van der Waals surface area contributed by atoms with Gasteiger partial charge in [0.05, 0.1) is 12.2 Å². The van der Waals surface area contributed by atoms with Crippen molar-refractivity contribution in [3.8, 4) is 0 Å². The zero-order valence-electron chi connectivity index (χ0n) is 11.7. The summed E-state index contributed by atoms with van der Waals surface area (Å²) in [5, 5.41) is 7.63. The minimum atomic E-state index is -0.438. The van der Waals surface area contributed by atoms with Gasteiger partial charge in [-0.2, -0.15) is 5.10 Å². The standard InChI is InChI=1S/C15H19F2N3/c1-11(2)8-18-9-14-5-6-20(19-14)10-12-7-13(16)3-4-15(12)17/h3-7,11,18H,8-10H2,1-2H3. The van der Waals surface area contributed by atoms with E-state index in [0.717, 1.165) is 24.4 Å². The van der Waals surface area contributed by atoms with Crippen molar-refractivity contribution in [2.45, 2.75) is 26.9 Å². The van der Waals surface area contributed by atoms with Gasteiger partial charge in [0, 0.05) is 18.3 Å². The van der Waals surface area contributed by atoms with Crippen molar-refractivity contribution >= 4 is 0 Å². The maximum absolute atomic E-state index is 13.5. The number of aromatic nitrogens is 2. The fraction of sp³-hybridized carbons (Fsp3) is 0.400. The summed E-state index contributed by atoms with van der Waals surface area (Å²) in [5.74, 6) is -0.271. The van der Waals surface area contributed by atoms with Crippen LogP contribution in [-0.4, -0.2) is 16.3 Å². The van der Waals surface area contributed by atoms with E-state index in [1.807, 2.05) is 6.07 Å². The minimum absolute atomic E-state index is 0.230. The average Bonchev–Trinajstić information content (AvgIpc) is 2.81. The van der Waals surface area contributed by atoms with E-state index in [4.69, 9.17) is 0 Å². The van der Waals surface area contributed by atoms with Crippen LogP contribution in [0.3, 0.4) is 0 Å². The molecule has 20 heavy (non-hydrogen) atoms. The maximum Gasteiger partial charge on any atom is 0.128 e. The summed E-state index contributed by atoms with van der Waals surface area (Å²) in [6.07, 6.45) is 1.77. The Kier molecular flexibility index (Phi) is 4.84. The summed E-state index contributed by atoms with van der Waals surface area (Å²) in [6, 6.07) is 5.33. The third-order valence-corrected chi connectivity index (χ3v) is 2.89. The van der Waals surface area contributed by atoms with Crippen molar-refractivity contribution in [2.24, 2.45) is 5.92 Å². The lowest BCUT2D eigenvalue weighted by Crippen LogP contribution is -2.19. The van der Waals surface area contributed by atoms with E-state index in [0.29, 0.717) is 18.0 Å². The Morgan fingerprint density at radius 3 is 2.80 bits per heavy atom. The van der Waals surface area contributed by atoms with Gasteiger partial charge >= 0.3 is 0 Å². The molecule has 0 amide bonds. The molecule has 0 atom stereocenters. The average molecular weight is 279 g/mol. The molecule has 0 unspecified atom stereocenters. The van der Waals surface area contributed by atoms with Gasteiger partial charge in [-0.1, -0.05) is 13.8 Å². The molecule has 0 bridgehead atoms. The van der Waals surface area contributed by atoms with Crippen molar-refractivity contribution in [2.75, 3.05) is 6.54 Å². The fourth-order valence-electron chi connectivity index (χ4n) is 1.91. The van der Waals surface area contributed by atoms with E-state index in [1.165, 1.54) is 6.07 Å². The second-order valence-corrected chi connectivity index (χ2v) is 5.27. The highest BCUT2D eigenvalue weighted by Crippen LogP contribution is 2.11. The summed E-state index contributed by atoms with van der Waals surface area (Å²) in [7, 11) is 0. The van der Waals surface area contributed by atoms with Crippen LogP contribution in [0.5, 0.6) is 0 Å². The first-order valence-electron chi connectivity index (χ1n) is 6.71. The molecule has 2 aromatic rings. The van der Waals surface area contributed by atoms with Gasteiger partial charge in [0.15, 0.2) is 0 Å². The predicted octanol–water partition coefficient (Wildman–Crippen LogP) is 2.96. The Morgan fingerprint density at radius 1 is 1.25 bits per heavy atom. The molecular formula is C15H19F2N3. The van der Waals surface area contributed by atoms with Gasteiger partial charge in [0.2, 0.25) is 0 Å². The third-order valence-electron chi connectivity index (χ3n) is 2.89. The van der Waals surface area contributed by atoms with E-state index in [1.54, 1.807) is 10.9 Å². The van der Waals surface area contributed by atoms with Gasteiger partial charge in [0.1, 0.15) is 11.6 Å². The highest BCUT2D eigenvalue weighted by Gasteiger charge is 2.06. The van der Waals surface area contributed by atoms with Crippen LogP contribution in [0, 0.1) is 17.6 Å². The van der Waals surface area contributed by atoms with Crippen molar-refractivity contribution in [3.63, 3.8) is 0 Å². The Morgan fingerprint density at radius 2 is 2.05 bits per heavy atom. The molecule has 0 spiro atoms. The zero-order chi connectivity index (χ0) is 14.5. The van der Waals surface area contributed by atoms with E-state index >= 15 is 0 Å². The molecule has 108 valence electrons. The van der Waals surface area contributed by atoms with Crippen LogP contribution in [0.25, 0.3) is 0 Å². The normalized spacial score (nSPS) is 11.2. The molecule has 3 nitrogen and oxygen atoms in total.